The molecule has 2 heterocycles. The Labute approximate surface area is 103 Å². The van der Waals surface area contributed by atoms with Gasteiger partial charge in [0.1, 0.15) is 6.29 Å². The van der Waals surface area contributed by atoms with Crippen LogP contribution in [0.3, 0.4) is 0 Å². The number of rotatable bonds is 4. The fourth-order valence-electron chi connectivity index (χ4n) is 1.52. The SMILES string of the molecule is O=CC(Cc1ccncc1)c1ccc(Cl)s1. The number of hydrogen-bond acceptors (Lipinski definition) is 3. The summed E-state index contributed by atoms with van der Waals surface area (Å²) in [6, 6.07) is 7.58. The van der Waals surface area contributed by atoms with Gasteiger partial charge in [0.25, 0.3) is 0 Å². The first kappa shape index (κ1) is 11.3. The summed E-state index contributed by atoms with van der Waals surface area (Å²) in [7, 11) is 0. The van der Waals surface area contributed by atoms with E-state index in [-0.39, 0.29) is 5.92 Å². The van der Waals surface area contributed by atoms with Crippen molar-refractivity contribution in [1.29, 1.82) is 0 Å². The number of aldehydes is 1. The van der Waals surface area contributed by atoms with Gasteiger partial charge in [-0.25, -0.2) is 0 Å². The Balaban J connectivity index is 2.15. The van der Waals surface area contributed by atoms with E-state index in [1.54, 1.807) is 12.4 Å². The Morgan fingerprint density at radius 3 is 2.62 bits per heavy atom. The third-order valence-electron chi connectivity index (χ3n) is 2.33. The van der Waals surface area contributed by atoms with E-state index in [0.717, 1.165) is 21.1 Å². The summed E-state index contributed by atoms with van der Waals surface area (Å²) in [5, 5.41) is 0. The Bertz CT molecular complexity index is 469. The first-order chi connectivity index (χ1) is 7.79. The van der Waals surface area contributed by atoms with Crippen LogP contribution in [0.4, 0.5) is 0 Å². The summed E-state index contributed by atoms with van der Waals surface area (Å²) in [6.45, 7) is 0. The van der Waals surface area contributed by atoms with Crippen LogP contribution in [0.25, 0.3) is 0 Å². The minimum atomic E-state index is -0.111. The van der Waals surface area contributed by atoms with Crippen molar-refractivity contribution in [2.45, 2.75) is 12.3 Å². The molecular formula is C12H10ClNOS. The van der Waals surface area contributed by atoms with Gasteiger partial charge in [0.05, 0.1) is 10.3 Å². The summed E-state index contributed by atoms with van der Waals surface area (Å²) in [5.74, 6) is -0.111. The molecule has 0 bridgehead atoms. The molecule has 4 heteroatoms. The quantitative estimate of drug-likeness (QED) is 0.781. The summed E-state index contributed by atoms with van der Waals surface area (Å²) >= 11 is 7.32. The first-order valence-corrected chi connectivity index (χ1v) is 6.08. The van der Waals surface area contributed by atoms with Gasteiger partial charge in [-0.05, 0) is 36.2 Å². The molecule has 0 saturated heterocycles. The van der Waals surface area contributed by atoms with Crippen LogP contribution in [-0.4, -0.2) is 11.3 Å². The second kappa shape index (κ2) is 5.23. The van der Waals surface area contributed by atoms with Gasteiger partial charge < -0.3 is 4.79 Å². The number of carbonyl (C=O) groups excluding carboxylic acids is 1. The minimum Gasteiger partial charge on any atom is -0.303 e. The molecule has 82 valence electrons. The van der Waals surface area contributed by atoms with E-state index in [2.05, 4.69) is 4.98 Å². The van der Waals surface area contributed by atoms with E-state index in [0.29, 0.717) is 6.42 Å². The fourth-order valence-corrected chi connectivity index (χ4v) is 2.63. The van der Waals surface area contributed by atoms with Gasteiger partial charge in [-0.15, -0.1) is 11.3 Å². The lowest BCUT2D eigenvalue weighted by molar-refractivity contribution is -0.109. The first-order valence-electron chi connectivity index (χ1n) is 4.89. The molecule has 1 atom stereocenters. The van der Waals surface area contributed by atoms with Crippen molar-refractivity contribution in [3.63, 3.8) is 0 Å². The van der Waals surface area contributed by atoms with Crippen molar-refractivity contribution in [3.05, 3.63) is 51.4 Å². The summed E-state index contributed by atoms with van der Waals surface area (Å²) < 4.78 is 0.719. The maximum atomic E-state index is 11.1. The maximum absolute atomic E-state index is 11.1. The highest BCUT2D eigenvalue weighted by Crippen LogP contribution is 2.29. The number of thiophene rings is 1. The van der Waals surface area contributed by atoms with Gasteiger partial charge in [-0.3, -0.25) is 4.98 Å². The van der Waals surface area contributed by atoms with Crippen LogP contribution in [-0.2, 0) is 11.2 Å². The predicted octanol–water partition coefficient (Wildman–Crippen LogP) is 3.32. The Morgan fingerprint density at radius 1 is 1.31 bits per heavy atom. The van der Waals surface area contributed by atoms with Crippen molar-refractivity contribution >= 4 is 29.2 Å². The Morgan fingerprint density at radius 2 is 2.06 bits per heavy atom. The molecule has 2 rings (SSSR count). The number of aromatic nitrogens is 1. The molecule has 2 aromatic rings. The van der Waals surface area contributed by atoms with Crippen molar-refractivity contribution in [3.8, 4) is 0 Å². The highest BCUT2D eigenvalue weighted by Gasteiger charge is 2.13. The molecule has 0 amide bonds. The lowest BCUT2D eigenvalue weighted by Gasteiger charge is -2.07. The average Bonchev–Trinajstić information content (AvgIpc) is 2.74. The molecule has 16 heavy (non-hydrogen) atoms. The van der Waals surface area contributed by atoms with Gasteiger partial charge in [0.2, 0.25) is 0 Å². The molecule has 0 N–H and O–H groups in total. The smallest absolute Gasteiger partial charge is 0.128 e. The average molecular weight is 252 g/mol. The van der Waals surface area contributed by atoms with E-state index in [1.807, 2.05) is 24.3 Å². The lowest BCUT2D eigenvalue weighted by atomic mass is 10.0. The molecule has 0 aromatic carbocycles. The van der Waals surface area contributed by atoms with Crippen LogP contribution in [0.5, 0.6) is 0 Å². The standard InChI is InChI=1S/C12H10ClNOS/c13-12-2-1-11(16-12)10(8-15)7-9-3-5-14-6-4-9/h1-6,8,10H,7H2. The van der Waals surface area contributed by atoms with Crippen molar-refractivity contribution in [1.82, 2.24) is 4.98 Å². The van der Waals surface area contributed by atoms with Crippen LogP contribution < -0.4 is 0 Å². The van der Waals surface area contributed by atoms with Gasteiger partial charge in [-0.1, -0.05) is 11.6 Å². The number of pyridine rings is 1. The molecular weight excluding hydrogens is 242 g/mol. The summed E-state index contributed by atoms with van der Waals surface area (Å²) in [6.07, 6.45) is 5.14. The molecule has 0 fully saturated rings. The minimum absolute atomic E-state index is 0.111. The highest BCUT2D eigenvalue weighted by atomic mass is 35.5. The zero-order chi connectivity index (χ0) is 11.4. The summed E-state index contributed by atoms with van der Waals surface area (Å²) in [4.78, 5) is 16.0. The van der Waals surface area contributed by atoms with Crippen LogP contribution >= 0.6 is 22.9 Å². The normalized spacial score (nSPS) is 12.3. The molecule has 0 saturated carbocycles. The second-order valence-corrected chi connectivity index (χ2v) is 5.19. The van der Waals surface area contributed by atoms with Crippen molar-refractivity contribution in [2.24, 2.45) is 0 Å². The van der Waals surface area contributed by atoms with Gasteiger partial charge in [0, 0.05) is 17.3 Å². The molecule has 1 unspecified atom stereocenters. The van der Waals surface area contributed by atoms with Crippen LogP contribution in [0.2, 0.25) is 4.34 Å². The van der Waals surface area contributed by atoms with E-state index in [4.69, 9.17) is 11.6 Å². The topological polar surface area (TPSA) is 30.0 Å². The van der Waals surface area contributed by atoms with E-state index >= 15 is 0 Å². The van der Waals surface area contributed by atoms with Gasteiger partial charge in [0.15, 0.2) is 0 Å². The number of carbonyl (C=O) groups is 1. The molecule has 0 aliphatic heterocycles. The van der Waals surface area contributed by atoms with Gasteiger partial charge in [-0.2, -0.15) is 0 Å². The monoisotopic (exact) mass is 251 g/mol. The van der Waals surface area contributed by atoms with Gasteiger partial charge >= 0.3 is 0 Å². The lowest BCUT2D eigenvalue weighted by Crippen LogP contribution is -2.02. The zero-order valence-corrected chi connectivity index (χ0v) is 10.0. The Hall–Kier alpha value is -1.19. The molecule has 0 radical (unpaired) electrons. The third kappa shape index (κ3) is 2.68. The van der Waals surface area contributed by atoms with Crippen LogP contribution in [0.1, 0.15) is 16.4 Å². The van der Waals surface area contributed by atoms with E-state index in [1.165, 1.54) is 11.3 Å². The van der Waals surface area contributed by atoms with Crippen molar-refractivity contribution in [2.75, 3.05) is 0 Å². The van der Waals surface area contributed by atoms with E-state index < -0.39 is 0 Å². The highest BCUT2D eigenvalue weighted by molar-refractivity contribution is 7.16. The van der Waals surface area contributed by atoms with E-state index in [9.17, 15) is 4.79 Å². The molecule has 0 aliphatic carbocycles. The Kier molecular flexibility index (Phi) is 3.70. The zero-order valence-electron chi connectivity index (χ0n) is 8.47. The van der Waals surface area contributed by atoms with Crippen molar-refractivity contribution < 1.29 is 4.79 Å². The van der Waals surface area contributed by atoms with Crippen LogP contribution in [0.15, 0.2) is 36.7 Å². The maximum Gasteiger partial charge on any atom is 0.128 e. The summed E-state index contributed by atoms with van der Waals surface area (Å²) in [5.41, 5.74) is 1.11. The second-order valence-electron chi connectivity index (χ2n) is 3.44. The third-order valence-corrected chi connectivity index (χ3v) is 3.69. The predicted molar refractivity (Wildman–Crippen MR) is 66.1 cm³/mol. The number of hydrogen-bond donors (Lipinski definition) is 0. The largest absolute Gasteiger partial charge is 0.303 e. The number of nitrogens with zero attached hydrogens (tertiary/aromatic N) is 1. The molecule has 2 nitrogen and oxygen atoms in total. The van der Waals surface area contributed by atoms with Crippen LogP contribution in [0, 0.1) is 0 Å². The molecule has 0 aliphatic rings. The molecule has 2 aromatic heterocycles. The number of halogens is 1. The molecule has 0 spiro atoms. The fraction of sp³-hybridized carbons (Fsp3) is 0.167.